The van der Waals surface area contributed by atoms with Crippen LogP contribution >= 0.6 is 0 Å². The van der Waals surface area contributed by atoms with Crippen molar-refractivity contribution in [2.24, 2.45) is 0 Å². The molecule has 8 heteroatoms. The smallest absolute Gasteiger partial charge is 0.244 e. The number of amides is 1. The number of hydrogen-bond donors (Lipinski definition) is 2. The quantitative estimate of drug-likeness (QED) is 0.834. The molecule has 1 atom stereocenters. The summed E-state index contributed by atoms with van der Waals surface area (Å²) in [6, 6.07) is 4.06. The molecule has 128 valence electrons. The highest BCUT2D eigenvalue weighted by atomic mass is 16.3. The minimum absolute atomic E-state index is 0.0250. The highest BCUT2D eigenvalue weighted by Gasteiger charge is 2.25. The molecule has 0 bridgehead atoms. The van der Waals surface area contributed by atoms with Crippen molar-refractivity contribution in [3.8, 4) is 0 Å². The molecule has 1 saturated heterocycles. The lowest BCUT2D eigenvalue weighted by atomic mass is 9.91. The van der Waals surface area contributed by atoms with Crippen LogP contribution in [0.3, 0.4) is 0 Å². The van der Waals surface area contributed by atoms with Gasteiger partial charge in [-0.05, 0) is 30.5 Å². The zero-order chi connectivity index (χ0) is 16.9. The summed E-state index contributed by atoms with van der Waals surface area (Å²) < 4.78 is 1.48. The largest absolute Gasteiger partial charge is 0.390 e. The summed E-state index contributed by atoms with van der Waals surface area (Å²) in [4.78, 5) is 18.6. The SMILES string of the molecule is CNc1cc([C@H]2CCCN(C(=O)Cn3cc(CO)nn3)C2)ccn1. The van der Waals surface area contributed by atoms with Gasteiger partial charge in [-0.3, -0.25) is 4.79 Å². The molecule has 3 heterocycles. The maximum absolute atomic E-state index is 12.5. The lowest BCUT2D eigenvalue weighted by Crippen LogP contribution is -2.40. The van der Waals surface area contributed by atoms with Crippen molar-refractivity contribution in [2.45, 2.75) is 31.9 Å². The Labute approximate surface area is 140 Å². The van der Waals surface area contributed by atoms with Crippen molar-refractivity contribution in [2.75, 3.05) is 25.5 Å². The lowest BCUT2D eigenvalue weighted by molar-refractivity contribution is -0.133. The Hall–Kier alpha value is -2.48. The van der Waals surface area contributed by atoms with Crippen LogP contribution in [0.25, 0.3) is 0 Å². The Balaban J connectivity index is 1.64. The number of piperidine rings is 1. The van der Waals surface area contributed by atoms with Crippen molar-refractivity contribution in [3.63, 3.8) is 0 Å². The van der Waals surface area contributed by atoms with Crippen LogP contribution in [0, 0.1) is 0 Å². The Kier molecular flexibility index (Phi) is 5.05. The molecule has 0 spiro atoms. The van der Waals surface area contributed by atoms with Crippen molar-refractivity contribution >= 4 is 11.7 Å². The van der Waals surface area contributed by atoms with Gasteiger partial charge in [-0.2, -0.15) is 0 Å². The van der Waals surface area contributed by atoms with Crippen LogP contribution in [0.1, 0.15) is 30.0 Å². The summed E-state index contributed by atoms with van der Waals surface area (Å²) in [6.07, 6.45) is 5.44. The van der Waals surface area contributed by atoms with Crippen LogP contribution in [-0.2, 0) is 17.9 Å². The Bertz CT molecular complexity index is 701. The summed E-state index contributed by atoms with van der Waals surface area (Å²) in [5, 5.41) is 19.7. The molecule has 2 aromatic heterocycles. The molecule has 0 saturated carbocycles. The number of aliphatic hydroxyl groups excluding tert-OH is 1. The molecule has 0 unspecified atom stereocenters. The molecular weight excluding hydrogens is 308 g/mol. The van der Waals surface area contributed by atoms with E-state index in [-0.39, 0.29) is 19.1 Å². The maximum atomic E-state index is 12.5. The van der Waals surface area contributed by atoms with Crippen LogP contribution in [0.4, 0.5) is 5.82 Å². The van der Waals surface area contributed by atoms with E-state index < -0.39 is 0 Å². The summed E-state index contributed by atoms with van der Waals surface area (Å²) >= 11 is 0. The van der Waals surface area contributed by atoms with Crippen LogP contribution in [-0.4, -0.2) is 56.0 Å². The second kappa shape index (κ2) is 7.39. The zero-order valence-corrected chi connectivity index (χ0v) is 13.7. The normalized spacial score (nSPS) is 17.8. The fourth-order valence-electron chi connectivity index (χ4n) is 3.04. The number of likely N-dealkylation sites (tertiary alicyclic amines) is 1. The molecule has 8 nitrogen and oxygen atoms in total. The third-order valence-corrected chi connectivity index (χ3v) is 4.33. The molecule has 0 radical (unpaired) electrons. The topological polar surface area (TPSA) is 96.2 Å². The van der Waals surface area contributed by atoms with E-state index in [9.17, 15) is 4.79 Å². The number of pyridine rings is 1. The first-order chi connectivity index (χ1) is 11.7. The average molecular weight is 330 g/mol. The molecule has 3 rings (SSSR count). The van der Waals surface area contributed by atoms with E-state index in [1.54, 1.807) is 12.4 Å². The van der Waals surface area contributed by atoms with Gasteiger partial charge in [0.15, 0.2) is 0 Å². The fourth-order valence-corrected chi connectivity index (χ4v) is 3.04. The van der Waals surface area contributed by atoms with Crippen molar-refractivity contribution in [3.05, 3.63) is 35.8 Å². The van der Waals surface area contributed by atoms with Gasteiger partial charge < -0.3 is 15.3 Å². The van der Waals surface area contributed by atoms with Gasteiger partial charge in [-0.15, -0.1) is 5.10 Å². The fraction of sp³-hybridized carbons (Fsp3) is 0.500. The summed E-state index contributed by atoms with van der Waals surface area (Å²) in [6.45, 7) is 1.45. The molecule has 1 aliphatic heterocycles. The number of carbonyl (C=O) groups is 1. The molecule has 0 aromatic carbocycles. The number of rotatable bonds is 5. The molecule has 24 heavy (non-hydrogen) atoms. The number of nitrogens with one attached hydrogen (secondary N) is 1. The molecule has 1 aliphatic rings. The third-order valence-electron chi connectivity index (χ3n) is 4.33. The standard InChI is InChI=1S/C16H22N6O2/c1-17-15-7-12(4-5-18-15)13-3-2-6-21(8-13)16(24)10-22-9-14(11-23)19-20-22/h4-5,7,9,13,23H,2-3,6,8,10-11H2,1H3,(H,17,18)/t13-/m0/s1. The van der Waals surface area contributed by atoms with Gasteiger partial charge in [-0.25, -0.2) is 9.67 Å². The van der Waals surface area contributed by atoms with Crippen LogP contribution in [0.2, 0.25) is 0 Å². The van der Waals surface area contributed by atoms with E-state index in [1.807, 2.05) is 24.1 Å². The van der Waals surface area contributed by atoms with Gasteiger partial charge in [0.25, 0.3) is 0 Å². The van der Waals surface area contributed by atoms with Gasteiger partial charge in [0.2, 0.25) is 5.91 Å². The second-order valence-electron chi connectivity index (χ2n) is 5.97. The van der Waals surface area contributed by atoms with E-state index >= 15 is 0 Å². The van der Waals surface area contributed by atoms with E-state index in [2.05, 4.69) is 20.6 Å². The van der Waals surface area contributed by atoms with Gasteiger partial charge in [0.1, 0.15) is 18.1 Å². The summed E-state index contributed by atoms with van der Waals surface area (Å²) in [5.74, 6) is 1.19. The van der Waals surface area contributed by atoms with Crippen LogP contribution in [0.15, 0.2) is 24.5 Å². The molecule has 2 aromatic rings. The van der Waals surface area contributed by atoms with E-state index in [1.165, 1.54) is 10.2 Å². The third kappa shape index (κ3) is 3.70. The van der Waals surface area contributed by atoms with E-state index in [0.29, 0.717) is 18.2 Å². The first-order valence-corrected chi connectivity index (χ1v) is 8.11. The van der Waals surface area contributed by atoms with Crippen LogP contribution < -0.4 is 5.32 Å². The molecule has 1 amide bonds. The zero-order valence-electron chi connectivity index (χ0n) is 13.7. The van der Waals surface area contributed by atoms with Gasteiger partial charge in [0, 0.05) is 32.3 Å². The highest BCUT2D eigenvalue weighted by molar-refractivity contribution is 5.76. The molecule has 0 aliphatic carbocycles. The van der Waals surface area contributed by atoms with Gasteiger partial charge >= 0.3 is 0 Å². The minimum atomic E-state index is -0.171. The number of hydrogen-bond acceptors (Lipinski definition) is 6. The average Bonchev–Trinajstić information content (AvgIpc) is 3.09. The maximum Gasteiger partial charge on any atom is 0.244 e. The number of aromatic nitrogens is 4. The number of anilines is 1. The van der Waals surface area contributed by atoms with E-state index in [4.69, 9.17) is 5.11 Å². The predicted molar refractivity (Wildman–Crippen MR) is 88.3 cm³/mol. The number of carbonyl (C=O) groups excluding carboxylic acids is 1. The summed E-state index contributed by atoms with van der Waals surface area (Å²) in [5.41, 5.74) is 1.67. The van der Waals surface area contributed by atoms with Crippen molar-refractivity contribution in [1.82, 2.24) is 24.9 Å². The lowest BCUT2D eigenvalue weighted by Gasteiger charge is -2.33. The Morgan fingerprint density at radius 1 is 1.50 bits per heavy atom. The van der Waals surface area contributed by atoms with E-state index in [0.717, 1.165) is 25.2 Å². The summed E-state index contributed by atoms with van der Waals surface area (Å²) in [7, 11) is 1.85. The number of aliphatic hydroxyl groups is 1. The molecule has 2 N–H and O–H groups in total. The van der Waals surface area contributed by atoms with Gasteiger partial charge in [-0.1, -0.05) is 5.21 Å². The molecular formula is C16H22N6O2. The Morgan fingerprint density at radius 2 is 2.38 bits per heavy atom. The van der Waals surface area contributed by atoms with Crippen molar-refractivity contribution < 1.29 is 9.90 Å². The highest BCUT2D eigenvalue weighted by Crippen LogP contribution is 2.27. The van der Waals surface area contributed by atoms with Crippen molar-refractivity contribution in [1.29, 1.82) is 0 Å². The number of nitrogens with zero attached hydrogens (tertiary/aromatic N) is 5. The first kappa shape index (κ1) is 16.4. The molecule has 1 fully saturated rings. The second-order valence-corrected chi connectivity index (χ2v) is 5.97. The minimum Gasteiger partial charge on any atom is -0.390 e. The van der Waals surface area contributed by atoms with Crippen LogP contribution in [0.5, 0.6) is 0 Å². The van der Waals surface area contributed by atoms with Gasteiger partial charge in [0.05, 0.1) is 12.8 Å². The first-order valence-electron chi connectivity index (χ1n) is 8.11. The predicted octanol–water partition coefficient (Wildman–Crippen LogP) is 0.613. The Morgan fingerprint density at radius 3 is 3.12 bits per heavy atom. The monoisotopic (exact) mass is 330 g/mol.